The van der Waals surface area contributed by atoms with Crippen molar-refractivity contribution in [2.45, 2.75) is 18.9 Å². The molecule has 7 heteroatoms. The quantitative estimate of drug-likeness (QED) is 0.631. The Hall–Kier alpha value is -3.66. The van der Waals surface area contributed by atoms with Gasteiger partial charge in [-0.3, -0.25) is 4.79 Å². The predicted molar refractivity (Wildman–Crippen MR) is 98.9 cm³/mol. The Morgan fingerprint density at radius 2 is 1.89 bits per heavy atom. The van der Waals surface area contributed by atoms with Gasteiger partial charge in [-0.2, -0.15) is 10.4 Å². The monoisotopic (exact) mass is 362 g/mol. The predicted octanol–water partition coefficient (Wildman–Crippen LogP) is 2.78. The molecule has 7 nitrogen and oxygen atoms in total. The number of rotatable bonds is 6. The second-order valence-electron chi connectivity index (χ2n) is 5.93. The van der Waals surface area contributed by atoms with Gasteiger partial charge in [0.15, 0.2) is 6.61 Å². The summed E-state index contributed by atoms with van der Waals surface area (Å²) in [6.45, 7) is 1.81. The number of imide groups is 1. The van der Waals surface area contributed by atoms with Crippen molar-refractivity contribution >= 4 is 18.2 Å². The first kappa shape index (κ1) is 18.1. The topological polar surface area (TPSA) is 94.8 Å². The lowest BCUT2D eigenvalue weighted by Crippen LogP contribution is -2.43. The Morgan fingerprint density at radius 3 is 2.52 bits per heavy atom. The molecule has 3 rings (SSSR count). The van der Waals surface area contributed by atoms with Crippen LogP contribution in [-0.4, -0.2) is 29.8 Å². The van der Waals surface area contributed by atoms with Gasteiger partial charge < -0.3 is 10.1 Å². The number of nitrogens with zero attached hydrogens (tertiary/aromatic N) is 3. The molecule has 1 atom stereocenters. The maximum atomic E-state index is 12.9. The van der Waals surface area contributed by atoms with Gasteiger partial charge in [0.25, 0.3) is 5.91 Å². The number of hydrogen-bond acceptors (Lipinski definition) is 5. The molecule has 1 aliphatic heterocycles. The van der Waals surface area contributed by atoms with E-state index in [0.29, 0.717) is 17.7 Å². The highest BCUT2D eigenvalue weighted by Crippen LogP contribution is 2.32. The van der Waals surface area contributed by atoms with Crippen LogP contribution >= 0.6 is 0 Å². The third kappa shape index (κ3) is 3.51. The molecule has 136 valence electrons. The van der Waals surface area contributed by atoms with Crippen molar-refractivity contribution in [1.82, 2.24) is 10.3 Å². The molecule has 1 heterocycles. The van der Waals surface area contributed by atoms with Crippen LogP contribution in [0.2, 0.25) is 0 Å². The molecule has 0 saturated carbocycles. The molecule has 1 fully saturated rings. The highest BCUT2D eigenvalue weighted by molar-refractivity contribution is 6.07. The van der Waals surface area contributed by atoms with Gasteiger partial charge in [0.1, 0.15) is 17.4 Å². The Kier molecular flexibility index (Phi) is 5.18. The summed E-state index contributed by atoms with van der Waals surface area (Å²) < 4.78 is 5.18. The SMILES string of the molecule is CC[C@]1(c2ccccc2)NC(=O)N(/N=C\c2ccc(OCC#N)cc2)C1=O. The molecule has 2 aromatic carbocycles. The highest BCUT2D eigenvalue weighted by atomic mass is 16.5. The van der Waals surface area contributed by atoms with Gasteiger partial charge >= 0.3 is 6.03 Å². The maximum Gasteiger partial charge on any atom is 0.346 e. The zero-order valence-corrected chi connectivity index (χ0v) is 14.8. The first-order valence-electron chi connectivity index (χ1n) is 8.47. The number of benzene rings is 2. The molecule has 0 radical (unpaired) electrons. The molecule has 0 spiro atoms. The molecule has 2 aromatic rings. The van der Waals surface area contributed by atoms with Crippen LogP contribution in [0.4, 0.5) is 4.79 Å². The zero-order chi connectivity index (χ0) is 19.3. The van der Waals surface area contributed by atoms with Gasteiger partial charge in [-0.15, -0.1) is 5.01 Å². The lowest BCUT2D eigenvalue weighted by Gasteiger charge is -2.24. The molecule has 27 heavy (non-hydrogen) atoms. The lowest BCUT2D eigenvalue weighted by atomic mass is 9.87. The molecule has 0 aliphatic carbocycles. The van der Waals surface area contributed by atoms with Gasteiger partial charge in [0, 0.05) is 0 Å². The van der Waals surface area contributed by atoms with Crippen LogP contribution in [0.15, 0.2) is 59.7 Å². The summed E-state index contributed by atoms with van der Waals surface area (Å²) >= 11 is 0. The van der Waals surface area contributed by atoms with E-state index in [1.54, 1.807) is 24.3 Å². The van der Waals surface area contributed by atoms with Crippen molar-refractivity contribution in [3.05, 3.63) is 65.7 Å². The highest BCUT2D eigenvalue weighted by Gasteiger charge is 2.51. The number of nitrogens with one attached hydrogen (secondary N) is 1. The van der Waals surface area contributed by atoms with E-state index in [1.165, 1.54) is 6.21 Å². The molecule has 3 amide bonds. The summed E-state index contributed by atoms with van der Waals surface area (Å²) in [6.07, 6.45) is 1.85. The van der Waals surface area contributed by atoms with Gasteiger partial charge in [0.05, 0.1) is 6.21 Å². The van der Waals surface area contributed by atoms with Crippen molar-refractivity contribution in [1.29, 1.82) is 5.26 Å². The van der Waals surface area contributed by atoms with E-state index in [9.17, 15) is 9.59 Å². The third-order valence-corrected chi connectivity index (χ3v) is 4.37. The van der Waals surface area contributed by atoms with E-state index in [4.69, 9.17) is 10.00 Å². The van der Waals surface area contributed by atoms with Crippen LogP contribution in [0.1, 0.15) is 24.5 Å². The Bertz CT molecular complexity index is 903. The lowest BCUT2D eigenvalue weighted by molar-refractivity contribution is -0.131. The molecule has 0 unspecified atom stereocenters. The molecule has 0 aromatic heterocycles. The normalized spacial score (nSPS) is 19.2. The summed E-state index contributed by atoms with van der Waals surface area (Å²) in [7, 11) is 0. The number of hydrogen-bond donors (Lipinski definition) is 1. The fourth-order valence-electron chi connectivity index (χ4n) is 2.92. The van der Waals surface area contributed by atoms with Crippen LogP contribution in [0.3, 0.4) is 0 Å². The summed E-state index contributed by atoms with van der Waals surface area (Å²) in [4.78, 5) is 25.3. The summed E-state index contributed by atoms with van der Waals surface area (Å²) in [5, 5.41) is 16.2. The van der Waals surface area contributed by atoms with E-state index < -0.39 is 17.5 Å². The van der Waals surface area contributed by atoms with Gasteiger partial charge in [-0.1, -0.05) is 37.3 Å². The number of amides is 3. The fraction of sp³-hybridized carbons (Fsp3) is 0.200. The van der Waals surface area contributed by atoms with Gasteiger partial charge in [-0.25, -0.2) is 4.79 Å². The number of hydrazone groups is 1. The number of carbonyl (C=O) groups is 2. The number of carbonyl (C=O) groups excluding carboxylic acids is 2. The average molecular weight is 362 g/mol. The molecule has 1 saturated heterocycles. The Morgan fingerprint density at radius 1 is 1.19 bits per heavy atom. The standard InChI is InChI=1S/C20H18N4O3/c1-2-20(16-6-4-3-5-7-16)18(25)24(19(26)23-20)22-14-15-8-10-17(11-9-15)27-13-12-21/h3-11,14H,2,13H2,1H3,(H,23,26)/b22-14-/t20-/m1/s1. The maximum absolute atomic E-state index is 12.9. The minimum absolute atomic E-state index is 0.0333. The largest absolute Gasteiger partial charge is 0.479 e. The molecule has 1 aliphatic rings. The van der Waals surface area contributed by atoms with Crippen molar-refractivity contribution in [3.8, 4) is 11.8 Å². The average Bonchev–Trinajstić information content (AvgIpc) is 2.96. The summed E-state index contributed by atoms with van der Waals surface area (Å²) in [5.74, 6) is 0.143. The van der Waals surface area contributed by atoms with Crippen molar-refractivity contribution < 1.29 is 14.3 Å². The third-order valence-electron chi connectivity index (χ3n) is 4.37. The number of urea groups is 1. The first-order valence-corrected chi connectivity index (χ1v) is 8.47. The number of nitriles is 1. The van der Waals surface area contributed by atoms with E-state index in [1.807, 2.05) is 43.3 Å². The first-order chi connectivity index (χ1) is 13.1. The molecule has 0 bridgehead atoms. The zero-order valence-electron chi connectivity index (χ0n) is 14.8. The van der Waals surface area contributed by atoms with Gasteiger partial charge in [-0.05, 0) is 41.8 Å². The molecular weight excluding hydrogens is 344 g/mol. The van der Waals surface area contributed by atoms with Crippen LogP contribution in [0, 0.1) is 11.3 Å². The van der Waals surface area contributed by atoms with Crippen LogP contribution < -0.4 is 10.1 Å². The van der Waals surface area contributed by atoms with Crippen LogP contribution in [-0.2, 0) is 10.3 Å². The van der Waals surface area contributed by atoms with Gasteiger partial charge in [0.2, 0.25) is 0 Å². The number of ether oxygens (including phenoxy) is 1. The van der Waals surface area contributed by atoms with Crippen molar-refractivity contribution in [2.24, 2.45) is 5.10 Å². The fourth-order valence-corrected chi connectivity index (χ4v) is 2.92. The molecule has 1 N–H and O–H groups in total. The van der Waals surface area contributed by atoms with Crippen molar-refractivity contribution in [2.75, 3.05) is 6.61 Å². The minimum atomic E-state index is -1.11. The second kappa shape index (κ2) is 7.70. The van der Waals surface area contributed by atoms with E-state index in [-0.39, 0.29) is 6.61 Å². The summed E-state index contributed by atoms with van der Waals surface area (Å²) in [5.41, 5.74) is 0.307. The Balaban J connectivity index is 1.79. The van der Waals surface area contributed by atoms with E-state index >= 15 is 0 Å². The Labute approximate surface area is 156 Å². The van der Waals surface area contributed by atoms with E-state index in [2.05, 4.69) is 10.4 Å². The second-order valence-corrected chi connectivity index (χ2v) is 5.93. The molecular formula is C20H18N4O3. The van der Waals surface area contributed by atoms with E-state index in [0.717, 1.165) is 10.6 Å². The minimum Gasteiger partial charge on any atom is -0.479 e. The smallest absolute Gasteiger partial charge is 0.346 e. The van der Waals surface area contributed by atoms with Crippen LogP contribution in [0.25, 0.3) is 0 Å². The summed E-state index contributed by atoms with van der Waals surface area (Å²) in [6, 6.07) is 17.3. The van der Waals surface area contributed by atoms with Crippen LogP contribution in [0.5, 0.6) is 5.75 Å². The van der Waals surface area contributed by atoms with Crippen molar-refractivity contribution in [3.63, 3.8) is 0 Å².